The molecule has 0 bridgehead atoms. The van der Waals surface area contributed by atoms with Crippen molar-refractivity contribution >= 4 is 41.1 Å². The van der Waals surface area contributed by atoms with Crippen LogP contribution in [0, 0.1) is 5.41 Å². The lowest BCUT2D eigenvalue weighted by Crippen LogP contribution is -2.54. The Morgan fingerprint density at radius 1 is 1.03 bits per heavy atom. The number of anilines is 2. The Bertz CT molecular complexity index is 936. The van der Waals surface area contributed by atoms with Crippen molar-refractivity contribution < 1.29 is 38.2 Å². The number of nitrogens with zero attached hydrogens (tertiary/aromatic N) is 1. The van der Waals surface area contributed by atoms with Gasteiger partial charge in [-0.2, -0.15) is 0 Å². The van der Waals surface area contributed by atoms with Crippen LogP contribution in [0.5, 0.6) is 0 Å². The van der Waals surface area contributed by atoms with E-state index in [0.717, 1.165) is 0 Å². The number of methoxy groups -OCH3 is 1. The largest absolute Gasteiger partial charge is 0.468 e. The maximum Gasteiger partial charge on any atom is 0.321 e. The van der Waals surface area contributed by atoms with Crippen molar-refractivity contribution in [2.75, 3.05) is 30.5 Å². The lowest BCUT2D eigenvalue weighted by atomic mass is 9.81. The van der Waals surface area contributed by atoms with Gasteiger partial charge in [0.1, 0.15) is 24.2 Å². The monoisotopic (exact) mass is 476 g/mol. The van der Waals surface area contributed by atoms with Gasteiger partial charge in [0.2, 0.25) is 11.8 Å². The average Bonchev–Trinajstić information content (AvgIpc) is 3.14. The minimum absolute atomic E-state index is 0.126. The van der Waals surface area contributed by atoms with Gasteiger partial charge >= 0.3 is 17.9 Å². The van der Waals surface area contributed by atoms with Gasteiger partial charge in [-0.3, -0.25) is 28.9 Å². The molecule has 34 heavy (non-hydrogen) atoms. The zero-order valence-corrected chi connectivity index (χ0v) is 20.3. The quantitative estimate of drug-likeness (QED) is 0.310. The van der Waals surface area contributed by atoms with Crippen molar-refractivity contribution in [3.05, 3.63) is 24.3 Å². The van der Waals surface area contributed by atoms with E-state index in [1.807, 2.05) is 0 Å². The number of amides is 2. The van der Waals surface area contributed by atoms with Crippen LogP contribution in [0.15, 0.2) is 24.3 Å². The Labute approximate surface area is 198 Å². The molecule has 10 heteroatoms. The third-order valence-electron chi connectivity index (χ3n) is 6.23. The fraction of sp³-hybridized carbons (Fsp3) is 0.542. The van der Waals surface area contributed by atoms with Gasteiger partial charge < -0.3 is 19.5 Å². The van der Waals surface area contributed by atoms with Gasteiger partial charge in [0.05, 0.1) is 18.5 Å². The second-order valence-corrected chi connectivity index (χ2v) is 8.27. The number of esters is 3. The van der Waals surface area contributed by atoms with Crippen molar-refractivity contribution in [2.45, 2.75) is 58.9 Å². The molecule has 1 aliphatic rings. The molecule has 1 fully saturated rings. The summed E-state index contributed by atoms with van der Waals surface area (Å²) in [7, 11) is 1.23. The van der Waals surface area contributed by atoms with E-state index in [4.69, 9.17) is 14.2 Å². The molecule has 0 saturated carbocycles. The molecule has 1 saturated heterocycles. The zero-order chi connectivity index (χ0) is 25.5. The summed E-state index contributed by atoms with van der Waals surface area (Å²) in [4.78, 5) is 63.3. The van der Waals surface area contributed by atoms with Gasteiger partial charge in [-0.15, -0.1) is 0 Å². The second kappa shape index (κ2) is 11.1. The van der Waals surface area contributed by atoms with Crippen molar-refractivity contribution in [1.29, 1.82) is 0 Å². The molecule has 1 heterocycles. The first-order chi connectivity index (χ1) is 16.1. The summed E-state index contributed by atoms with van der Waals surface area (Å²) >= 11 is 0. The van der Waals surface area contributed by atoms with Crippen molar-refractivity contribution in [3.63, 3.8) is 0 Å². The summed E-state index contributed by atoms with van der Waals surface area (Å²) in [5, 5.41) is 2.78. The fourth-order valence-corrected chi connectivity index (χ4v) is 4.17. The van der Waals surface area contributed by atoms with E-state index < -0.39 is 34.8 Å². The molecular weight excluding hydrogens is 444 g/mol. The van der Waals surface area contributed by atoms with E-state index in [-0.39, 0.29) is 50.5 Å². The number of benzene rings is 1. The summed E-state index contributed by atoms with van der Waals surface area (Å²) in [6.07, 6.45) is 0.830. The maximum absolute atomic E-state index is 13.3. The summed E-state index contributed by atoms with van der Waals surface area (Å²) in [6, 6.07) is 6.60. The van der Waals surface area contributed by atoms with E-state index in [1.54, 1.807) is 38.1 Å². The molecule has 10 nitrogen and oxygen atoms in total. The van der Waals surface area contributed by atoms with Crippen LogP contribution in [0.2, 0.25) is 0 Å². The molecule has 2 rings (SSSR count). The van der Waals surface area contributed by atoms with E-state index in [2.05, 4.69) is 5.32 Å². The number of hydrogen-bond donors (Lipinski definition) is 1. The number of rotatable bonds is 10. The Morgan fingerprint density at radius 3 is 2.09 bits per heavy atom. The second-order valence-electron chi connectivity index (χ2n) is 8.27. The van der Waals surface area contributed by atoms with Crippen LogP contribution in [0.4, 0.5) is 11.4 Å². The van der Waals surface area contributed by atoms with Crippen LogP contribution in [-0.4, -0.2) is 55.6 Å². The summed E-state index contributed by atoms with van der Waals surface area (Å²) in [6.45, 7) is 5.55. The number of carbonyl (C=O) groups is 5. The number of nitrogens with one attached hydrogen (secondary N) is 1. The topological polar surface area (TPSA) is 128 Å². The first-order valence-electron chi connectivity index (χ1n) is 11.2. The Morgan fingerprint density at radius 2 is 1.59 bits per heavy atom. The number of para-hydroxylation sites is 2. The molecule has 0 aromatic heterocycles. The van der Waals surface area contributed by atoms with Crippen LogP contribution in [0.1, 0.15) is 53.4 Å². The first kappa shape index (κ1) is 26.8. The molecule has 186 valence electrons. The molecule has 1 aromatic rings. The highest BCUT2D eigenvalue weighted by atomic mass is 16.5. The molecule has 2 amide bonds. The molecule has 1 N–H and O–H groups in total. The van der Waals surface area contributed by atoms with Gasteiger partial charge in [0.25, 0.3) is 0 Å². The lowest BCUT2D eigenvalue weighted by molar-refractivity contribution is -0.157. The van der Waals surface area contributed by atoms with E-state index >= 15 is 0 Å². The van der Waals surface area contributed by atoms with E-state index in [0.29, 0.717) is 5.69 Å². The number of hydrogen-bond acceptors (Lipinski definition) is 8. The highest BCUT2D eigenvalue weighted by molar-refractivity contribution is 6.11. The van der Waals surface area contributed by atoms with Crippen molar-refractivity contribution in [2.24, 2.45) is 5.41 Å². The smallest absolute Gasteiger partial charge is 0.321 e. The third-order valence-corrected chi connectivity index (χ3v) is 6.23. The maximum atomic E-state index is 13.3. The summed E-state index contributed by atoms with van der Waals surface area (Å²) in [5.74, 6) is -2.59. The Kier molecular flexibility index (Phi) is 8.78. The Balaban J connectivity index is 2.52. The summed E-state index contributed by atoms with van der Waals surface area (Å²) < 4.78 is 15.4. The van der Waals surface area contributed by atoms with Crippen LogP contribution < -0.4 is 10.2 Å². The SMILES string of the molecule is CCC(CC)(C(=O)Nc1ccccc1N1C(=O)CCC1(COC(C)=O)COC(C)=O)C(=O)OC. The summed E-state index contributed by atoms with van der Waals surface area (Å²) in [5.41, 5.74) is -1.93. The van der Waals surface area contributed by atoms with Gasteiger partial charge in [-0.1, -0.05) is 26.0 Å². The molecule has 0 radical (unpaired) electrons. The zero-order valence-electron chi connectivity index (χ0n) is 20.3. The number of carbonyl (C=O) groups excluding carboxylic acids is 5. The van der Waals surface area contributed by atoms with Gasteiger partial charge in [0, 0.05) is 20.3 Å². The van der Waals surface area contributed by atoms with Crippen molar-refractivity contribution in [1.82, 2.24) is 0 Å². The minimum Gasteiger partial charge on any atom is -0.468 e. The Hall–Kier alpha value is -3.43. The molecule has 0 aliphatic carbocycles. The highest BCUT2D eigenvalue weighted by Gasteiger charge is 2.50. The average molecular weight is 477 g/mol. The highest BCUT2D eigenvalue weighted by Crippen LogP contribution is 2.40. The fourth-order valence-electron chi connectivity index (χ4n) is 4.17. The third kappa shape index (κ3) is 5.37. The van der Waals surface area contributed by atoms with E-state index in [1.165, 1.54) is 25.9 Å². The van der Waals surface area contributed by atoms with Gasteiger partial charge in [-0.25, -0.2) is 0 Å². The van der Waals surface area contributed by atoms with Crippen LogP contribution >= 0.6 is 0 Å². The van der Waals surface area contributed by atoms with Crippen LogP contribution in [0.3, 0.4) is 0 Å². The van der Waals surface area contributed by atoms with Crippen LogP contribution in [0.25, 0.3) is 0 Å². The standard InChI is InChI=1S/C24H32N2O8/c1-6-24(7-2,22(31)32-5)21(30)25-18-10-8-9-11-19(18)26-20(29)12-13-23(26,14-33-16(3)27)15-34-17(4)28/h8-11H,6-7,12-15H2,1-5H3,(H,25,30). The molecule has 0 spiro atoms. The molecule has 0 atom stereocenters. The molecule has 0 unspecified atom stereocenters. The predicted molar refractivity (Wildman–Crippen MR) is 123 cm³/mol. The first-order valence-corrected chi connectivity index (χ1v) is 11.2. The molecule has 1 aliphatic heterocycles. The lowest BCUT2D eigenvalue weighted by Gasteiger charge is -2.38. The molecule has 1 aromatic carbocycles. The molecular formula is C24H32N2O8. The normalized spacial score (nSPS) is 15.0. The van der Waals surface area contributed by atoms with Crippen LogP contribution in [-0.2, 0) is 38.2 Å². The number of ether oxygens (including phenoxy) is 3. The van der Waals surface area contributed by atoms with Gasteiger partial charge in [-0.05, 0) is 31.4 Å². The van der Waals surface area contributed by atoms with Gasteiger partial charge in [0.15, 0.2) is 0 Å². The van der Waals surface area contributed by atoms with Crippen molar-refractivity contribution in [3.8, 4) is 0 Å². The minimum atomic E-state index is -1.40. The predicted octanol–water partition coefficient (Wildman–Crippen LogP) is 2.60. The van der Waals surface area contributed by atoms with E-state index in [9.17, 15) is 24.0 Å².